The lowest BCUT2D eigenvalue weighted by Gasteiger charge is -2.16. The first kappa shape index (κ1) is 17.5. The average molecular weight is 368 g/mol. The standard InChI is InChI=1S/C19H24N6O2/c1-23-17-4-3-14(18(27)21-6-2-8-24-10-7-20-13-24)11-16(17)22-19(23)25-9-5-15(26)12-25/h3-4,7,10-11,13,15,26H,2,5-6,8-9,12H2,1H3,(H,21,27)/t15-/m0/s1. The number of aliphatic hydroxyl groups excluding tert-OH is 1. The molecule has 1 aliphatic heterocycles. The number of imidazole rings is 2. The first-order valence-electron chi connectivity index (χ1n) is 9.25. The molecule has 0 spiro atoms. The van der Waals surface area contributed by atoms with Gasteiger partial charge in [-0.2, -0.15) is 0 Å². The molecule has 0 unspecified atom stereocenters. The number of carbonyl (C=O) groups excluding carboxylic acids is 1. The van der Waals surface area contributed by atoms with E-state index in [-0.39, 0.29) is 12.0 Å². The van der Waals surface area contributed by atoms with E-state index in [1.54, 1.807) is 12.5 Å². The fourth-order valence-corrected chi connectivity index (χ4v) is 3.52. The van der Waals surface area contributed by atoms with Crippen LogP contribution in [-0.4, -0.2) is 55.9 Å². The number of β-amino-alcohol motifs (C(OH)–C–C–N with tert-alkyl or cyclic N) is 1. The molecule has 3 heterocycles. The van der Waals surface area contributed by atoms with Crippen molar-refractivity contribution < 1.29 is 9.90 Å². The van der Waals surface area contributed by atoms with Gasteiger partial charge in [0.25, 0.3) is 5.91 Å². The summed E-state index contributed by atoms with van der Waals surface area (Å²) in [4.78, 5) is 23.2. The Morgan fingerprint density at radius 3 is 3.04 bits per heavy atom. The summed E-state index contributed by atoms with van der Waals surface area (Å²) in [5.41, 5.74) is 2.37. The van der Waals surface area contributed by atoms with E-state index >= 15 is 0 Å². The summed E-state index contributed by atoms with van der Waals surface area (Å²) in [5, 5.41) is 12.7. The third kappa shape index (κ3) is 3.66. The zero-order chi connectivity index (χ0) is 18.8. The number of aromatic nitrogens is 4. The molecule has 4 rings (SSSR count). The third-order valence-electron chi connectivity index (χ3n) is 5.00. The fraction of sp³-hybridized carbons (Fsp3) is 0.421. The summed E-state index contributed by atoms with van der Waals surface area (Å²) in [6.07, 6.45) is 6.73. The molecule has 1 aliphatic rings. The van der Waals surface area contributed by atoms with Crippen LogP contribution in [-0.2, 0) is 13.6 Å². The topological polar surface area (TPSA) is 88.2 Å². The number of fused-ring (bicyclic) bond motifs is 1. The molecule has 1 atom stereocenters. The van der Waals surface area contributed by atoms with E-state index in [0.29, 0.717) is 18.7 Å². The van der Waals surface area contributed by atoms with E-state index in [4.69, 9.17) is 0 Å². The molecule has 3 aromatic rings. The molecule has 1 saturated heterocycles. The molecule has 2 N–H and O–H groups in total. The Morgan fingerprint density at radius 1 is 1.41 bits per heavy atom. The second-order valence-electron chi connectivity index (χ2n) is 6.97. The van der Waals surface area contributed by atoms with Crippen molar-refractivity contribution in [2.75, 3.05) is 24.5 Å². The Labute approximate surface area is 157 Å². The van der Waals surface area contributed by atoms with Crippen LogP contribution in [0.25, 0.3) is 11.0 Å². The van der Waals surface area contributed by atoms with Gasteiger partial charge in [-0.3, -0.25) is 4.79 Å². The number of carbonyl (C=O) groups is 1. The number of nitrogens with zero attached hydrogens (tertiary/aromatic N) is 5. The van der Waals surface area contributed by atoms with Crippen LogP contribution in [0.3, 0.4) is 0 Å². The molecule has 0 radical (unpaired) electrons. The molecule has 1 amide bonds. The predicted octanol–water partition coefficient (Wildman–Crippen LogP) is 1.16. The number of anilines is 1. The SMILES string of the molecule is Cn1c(N2CC[C@H](O)C2)nc2cc(C(=O)NCCCn3ccnc3)ccc21. The first-order chi connectivity index (χ1) is 13.1. The summed E-state index contributed by atoms with van der Waals surface area (Å²) in [5.74, 6) is 0.741. The number of nitrogens with one attached hydrogen (secondary N) is 1. The Balaban J connectivity index is 1.42. The van der Waals surface area contributed by atoms with E-state index in [9.17, 15) is 9.90 Å². The Hall–Kier alpha value is -2.87. The van der Waals surface area contributed by atoms with Crippen molar-refractivity contribution in [1.82, 2.24) is 24.4 Å². The van der Waals surface area contributed by atoms with Crippen molar-refractivity contribution in [3.05, 3.63) is 42.5 Å². The number of hydrogen-bond acceptors (Lipinski definition) is 5. The van der Waals surface area contributed by atoms with Crippen molar-refractivity contribution in [2.45, 2.75) is 25.5 Å². The Bertz CT molecular complexity index is 933. The molecule has 0 saturated carbocycles. The zero-order valence-electron chi connectivity index (χ0n) is 15.4. The van der Waals surface area contributed by atoms with E-state index in [1.807, 2.05) is 40.6 Å². The summed E-state index contributed by atoms with van der Waals surface area (Å²) in [7, 11) is 1.96. The minimum atomic E-state index is -0.298. The third-order valence-corrected chi connectivity index (χ3v) is 5.00. The number of aryl methyl sites for hydroxylation is 2. The van der Waals surface area contributed by atoms with Gasteiger partial charge in [0.05, 0.1) is 23.5 Å². The number of benzene rings is 1. The average Bonchev–Trinajstić information content (AvgIpc) is 3.39. The summed E-state index contributed by atoms with van der Waals surface area (Å²) in [6, 6.07) is 5.59. The van der Waals surface area contributed by atoms with Gasteiger partial charge >= 0.3 is 0 Å². The van der Waals surface area contributed by atoms with Crippen LogP contribution >= 0.6 is 0 Å². The highest BCUT2D eigenvalue weighted by Gasteiger charge is 2.24. The first-order valence-corrected chi connectivity index (χ1v) is 9.25. The Morgan fingerprint density at radius 2 is 2.30 bits per heavy atom. The van der Waals surface area contributed by atoms with E-state index in [1.165, 1.54) is 0 Å². The molecular formula is C19H24N6O2. The van der Waals surface area contributed by atoms with Crippen molar-refractivity contribution in [3.63, 3.8) is 0 Å². The van der Waals surface area contributed by atoms with Gasteiger partial charge in [0.15, 0.2) is 0 Å². The molecule has 2 aromatic heterocycles. The maximum atomic E-state index is 12.4. The van der Waals surface area contributed by atoms with Crippen LogP contribution in [0, 0.1) is 0 Å². The minimum Gasteiger partial charge on any atom is -0.391 e. The molecule has 27 heavy (non-hydrogen) atoms. The second-order valence-corrected chi connectivity index (χ2v) is 6.97. The fourth-order valence-electron chi connectivity index (χ4n) is 3.52. The van der Waals surface area contributed by atoms with Crippen molar-refractivity contribution >= 4 is 22.9 Å². The number of aliphatic hydroxyl groups is 1. The molecular weight excluding hydrogens is 344 g/mol. The van der Waals surface area contributed by atoms with Gasteiger partial charge in [0.2, 0.25) is 5.95 Å². The lowest BCUT2D eigenvalue weighted by atomic mass is 10.2. The van der Waals surface area contributed by atoms with Crippen molar-refractivity contribution in [1.29, 1.82) is 0 Å². The molecule has 1 aromatic carbocycles. The van der Waals surface area contributed by atoms with Crippen LogP contribution < -0.4 is 10.2 Å². The van der Waals surface area contributed by atoms with E-state index < -0.39 is 0 Å². The van der Waals surface area contributed by atoms with Crippen molar-refractivity contribution in [3.8, 4) is 0 Å². The highest BCUT2D eigenvalue weighted by molar-refractivity contribution is 5.97. The number of hydrogen-bond donors (Lipinski definition) is 2. The smallest absolute Gasteiger partial charge is 0.251 e. The maximum absolute atomic E-state index is 12.4. The van der Waals surface area contributed by atoms with Crippen LogP contribution in [0.2, 0.25) is 0 Å². The van der Waals surface area contributed by atoms with Crippen molar-refractivity contribution in [2.24, 2.45) is 7.05 Å². The highest BCUT2D eigenvalue weighted by Crippen LogP contribution is 2.25. The van der Waals surface area contributed by atoms with Crippen LogP contribution in [0.15, 0.2) is 36.9 Å². The lowest BCUT2D eigenvalue weighted by Crippen LogP contribution is -2.25. The molecule has 0 aliphatic carbocycles. The molecule has 8 heteroatoms. The van der Waals surface area contributed by atoms with Gasteiger partial charge in [0, 0.05) is 51.2 Å². The van der Waals surface area contributed by atoms with Crippen LogP contribution in [0.5, 0.6) is 0 Å². The summed E-state index contributed by atoms with van der Waals surface area (Å²) < 4.78 is 4.00. The Kier molecular flexibility index (Phi) is 4.81. The maximum Gasteiger partial charge on any atom is 0.251 e. The van der Waals surface area contributed by atoms with E-state index in [2.05, 4.69) is 20.2 Å². The lowest BCUT2D eigenvalue weighted by molar-refractivity contribution is 0.0953. The molecule has 1 fully saturated rings. The monoisotopic (exact) mass is 368 g/mol. The largest absolute Gasteiger partial charge is 0.391 e. The molecule has 8 nitrogen and oxygen atoms in total. The van der Waals surface area contributed by atoms with Gasteiger partial charge in [-0.1, -0.05) is 0 Å². The minimum absolute atomic E-state index is 0.0914. The predicted molar refractivity (Wildman–Crippen MR) is 103 cm³/mol. The van der Waals surface area contributed by atoms with Gasteiger partial charge in [-0.25, -0.2) is 9.97 Å². The summed E-state index contributed by atoms with van der Waals surface area (Å²) in [6.45, 7) is 2.82. The molecule has 0 bridgehead atoms. The summed E-state index contributed by atoms with van der Waals surface area (Å²) >= 11 is 0. The molecule has 142 valence electrons. The normalized spacial score (nSPS) is 17.0. The van der Waals surface area contributed by atoms with Gasteiger partial charge in [-0.15, -0.1) is 0 Å². The number of rotatable bonds is 6. The highest BCUT2D eigenvalue weighted by atomic mass is 16.3. The zero-order valence-corrected chi connectivity index (χ0v) is 15.4. The van der Waals surface area contributed by atoms with E-state index in [0.717, 1.165) is 42.9 Å². The van der Waals surface area contributed by atoms with Crippen LogP contribution in [0.4, 0.5) is 5.95 Å². The van der Waals surface area contributed by atoms with Gasteiger partial charge in [0.1, 0.15) is 0 Å². The van der Waals surface area contributed by atoms with Gasteiger partial charge < -0.3 is 24.5 Å². The number of amides is 1. The van der Waals surface area contributed by atoms with Crippen LogP contribution in [0.1, 0.15) is 23.2 Å². The van der Waals surface area contributed by atoms with Gasteiger partial charge in [-0.05, 0) is 31.0 Å². The quantitative estimate of drug-likeness (QED) is 0.638. The second kappa shape index (κ2) is 7.40.